The monoisotopic (exact) mass is 161 g/mol. The molecule has 0 saturated carbocycles. The lowest BCUT2D eigenvalue weighted by atomic mass is 10.7. The summed E-state index contributed by atoms with van der Waals surface area (Å²) in [6, 6.07) is 0. The van der Waals surface area contributed by atoms with Gasteiger partial charge in [-0.3, -0.25) is 15.2 Å². The van der Waals surface area contributed by atoms with Crippen LogP contribution in [0.15, 0.2) is 0 Å². The van der Waals surface area contributed by atoms with Crippen molar-refractivity contribution in [3.63, 3.8) is 0 Å². The fourth-order valence-electron chi connectivity index (χ4n) is 0.455. The molecule has 0 unspecified atom stereocenters. The van der Waals surface area contributed by atoms with Crippen molar-refractivity contribution in [3.05, 3.63) is 0 Å². The molecule has 1 amide bonds. The van der Waals surface area contributed by atoms with Crippen LogP contribution in [0.1, 0.15) is 6.92 Å². The number of nitrogens with zero attached hydrogens (tertiary/aromatic N) is 1. The number of thiocarbonyl (C=S) groups is 1. The second kappa shape index (κ2) is 4.05. The molecule has 0 bridgehead atoms. The first kappa shape index (κ1) is 9.16. The van der Waals surface area contributed by atoms with Crippen molar-refractivity contribution in [2.45, 2.75) is 6.92 Å². The molecule has 0 aromatic carbocycles. The van der Waals surface area contributed by atoms with E-state index in [-0.39, 0.29) is 5.91 Å². The summed E-state index contributed by atoms with van der Waals surface area (Å²) in [6.45, 7) is 1.43. The van der Waals surface area contributed by atoms with Crippen molar-refractivity contribution in [3.8, 4) is 0 Å². The van der Waals surface area contributed by atoms with Gasteiger partial charge in [0.1, 0.15) is 0 Å². The highest BCUT2D eigenvalue weighted by atomic mass is 32.1. The first-order valence-electron chi connectivity index (χ1n) is 2.80. The Morgan fingerprint density at radius 3 is 2.40 bits per heavy atom. The van der Waals surface area contributed by atoms with Gasteiger partial charge in [-0.05, 0) is 12.2 Å². The van der Waals surface area contributed by atoms with E-state index >= 15 is 0 Å². The molecule has 0 aliphatic rings. The van der Waals surface area contributed by atoms with E-state index in [9.17, 15) is 4.79 Å². The number of amides is 1. The van der Waals surface area contributed by atoms with Crippen molar-refractivity contribution in [1.29, 1.82) is 0 Å². The van der Waals surface area contributed by atoms with E-state index in [1.165, 1.54) is 11.9 Å². The molecule has 0 spiro atoms. The summed E-state index contributed by atoms with van der Waals surface area (Å²) in [4.78, 5) is 10.4. The van der Waals surface area contributed by atoms with Gasteiger partial charge < -0.3 is 5.32 Å². The van der Waals surface area contributed by atoms with Gasteiger partial charge in [0.05, 0.1) is 0 Å². The minimum atomic E-state index is -0.139. The lowest BCUT2D eigenvalue weighted by molar-refractivity contribution is -0.121. The molecule has 0 radical (unpaired) electrons. The summed E-state index contributed by atoms with van der Waals surface area (Å²) < 4.78 is 0. The van der Waals surface area contributed by atoms with E-state index in [1.807, 2.05) is 0 Å². The zero-order valence-corrected chi connectivity index (χ0v) is 7.08. The summed E-state index contributed by atoms with van der Waals surface area (Å²) >= 11 is 4.80. The molecule has 58 valence electrons. The number of carbonyl (C=O) groups is 1. The Kier molecular flexibility index (Phi) is 3.71. The molecule has 4 nitrogen and oxygen atoms in total. The van der Waals surface area contributed by atoms with Gasteiger partial charge in [0.2, 0.25) is 5.91 Å². The number of hydrogen-bond donors (Lipinski definition) is 2. The van der Waals surface area contributed by atoms with Gasteiger partial charge >= 0.3 is 0 Å². The highest BCUT2D eigenvalue weighted by molar-refractivity contribution is 7.80. The zero-order valence-electron chi connectivity index (χ0n) is 6.26. The van der Waals surface area contributed by atoms with E-state index in [2.05, 4.69) is 10.7 Å². The summed E-state index contributed by atoms with van der Waals surface area (Å²) in [5.74, 6) is -0.139. The quantitative estimate of drug-likeness (QED) is 0.370. The van der Waals surface area contributed by atoms with Crippen molar-refractivity contribution >= 4 is 23.2 Å². The second-order valence-corrected chi connectivity index (χ2v) is 2.17. The third-order valence-electron chi connectivity index (χ3n) is 0.844. The van der Waals surface area contributed by atoms with E-state index in [0.717, 1.165) is 0 Å². The Balaban J connectivity index is 3.72. The van der Waals surface area contributed by atoms with Crippen LogP contribution in [0.2, 0.25) is 0 Å². The lowest BCUT2D eigenvalue weighted by Gasteiger charge is -2.18. The molecule has 0 rings (SSSR count). The third kappa shape index (κ3) is 3.24. The molecule has 0 atom stereocenters. The maximum Gasteiger partial charge on any atom is 0.235 e. The van der Waals surface area contributed by atoms with Crippen molar-refractivity contribution in [1.82, 2.24) is 15.8 Å². The van der Waals surface area contributed by atoms with Gasteiger partial charge in [0.25, 0.3) is 0 Å². The Bertz CT molecular complexity index is 148. The van der Waals surface area contributed by atoms with Gasteiger partial charge in [-0.2, -0.15) is 0 Å². The van der Waals surface area contributed by atoms with Gasteiger partial charge in [-0.15, -0.1) is 0 Å². The van der Waals surface area contributed by atoms with Crippen LogP contribution in [-0.2, 0) is 4.79 Å². The predicted molar refractivity (Wildman–Crippen MR) is 43.2 cm³/mol. The van der Waals surface area contributed by atoms with Gasteiger partial charge in [-0.25, -0.2) is 0 Å². The lowest BCUT2D eigenvalue weighted by Crippen LogP contribution is -2.46. The Hall–Kier alpha value is -0.840. The molecule has 0 aliphatic heterocycles. The van der Waals surface area contributed by atoms with Crippen LogP contribution < -0.4 is 10.7 Å². The van der Waals surface area contributed by atoms with Gasteiger partial charge in [-0.1, -0.05) is 0 Å². The van der Waals surface area contributed by atoms with Crippen LogP contribution >= 0.6 is 12.2 Å². The maximum absolute atomic E-state index is 10.4. The summed E-state index contributed by atoms with van der Waals surface area (Å²) in [5.41, 5.74) is 2.48. The normalized spacial score (nSPS) is 8.30. The standard InChI is InChI=1S/C5H11N3OS/c1-4(9)7-8(3)5(10)6-2/h1-3H3,(H,6,10)(H,7,9). The molecule has 5 heteroatoms. The fraction of sp³-hybridized carbons (Fsp3) is 0.600. The highest BCUT2D eigenvalue weighted by Gasteiger charge is 2.00. The van der Waals surface area contributed by atoms with Crippen LogP contribution in [-0.4, -0.2) is 30.1 Å². The Morgan fingerprint density at radius 1 is 1.60 bits per heavy atom. The van der Waals surface area contributed by atoms with E-state index in [4.69, 9.17) is 12.2 Å². The molecule has 0 fully saturated rings. The zero-order chi connectivity index (χ0) is 8.15. The smallest absolute Gasteiger partial charge is 0.235 e. The van der Waals surface area contributed by atoms with Gasteiger partial charge in [0, 0.05) is 21.0 Å². The highest BCUT2D eigenvalue weighted by Crippen LogP contribution is 1.76. The first-order chi connectivity index (χ1) is 4.57. The minimum absolute atomic E-state index is 0.139. The van der Waals surface area contributed by atoms with Crippen LogP contribution in [0.5, 0.6) is 0 Å². The fourth-order valence-corrected chi connectivity index (χ4v) is 0.500. The number of carbonyl (C=O) groups excluding carboxylic acids is 1. The Labute approximate surface area is 65.5 Å². The molecule has 0 aliphatic carbocycles. The van der Waals surface area contributed by atoms with Gasteiger partial charge in [0.15, 0.2) is 5.11 Å². The van der Waals surface area contributed by atoms with Crippen molar-refractivity contribution in [2.75, 3.05) is 14.1 Å². The summed E-state index contributed by atoms with van der Waals surface area (Å²) in [7, 11) is 3.36. The molecular formula is C5H11N3OS. The third-order valence-corrected chi connectivity index (χ3v) is 1.32. The number of hydrazine groups is 1. The average molecular weight is 161 g/mol. The largest absolute Gasteiger partial charge is 0.364 e. The molecule has 0 saturated heterocycles. The maximum atomic E-state index is 10.4. The van der Waals surface area contributed by atoms with Crippen molar-refractivity contribution < 1.29 is 4.79 Å². The molecule has 2 N–H and O–H groups in total. The Morgan fingerprint density at radius 2 is 2.10 bits per heavy atom. The summed E-state index contributed by atoms with van der Waals surface area (Å²) in [6.07, 6.45) is 0. The minimum Gasteiger partial charge on any atom is -0.364 e. The first-order valence-corrected chi connectivity index (χ1v) is 3.21. The second-order valence-electron chi connectivity index (χ2n) is 1.78. The number of hydrogen-bond acceptors (Lipinski definition) is 2. The number of rotatable bonds is 0. The predicted octanol–water partition coefficient (Wildman–Crippen LogP) is -0.526. The van der Waals surface area contributed by atoms with Crippen LogP contribution in [0.4, 0.5) is 0 Å². The van der Waals surface area contributed by atoms with E-state index in [1.54, 1.807) is 14.1 Å². The topological polar surface area (TPSA) is 44.4 Å². The van der Waals surface area contributed by atoms with Crippen LogP contribution in [0, 0.1) is 0 Å². The number of nitrogens with one attached hydrogen (secondary N) is 2. The van der Waals surface area contributed by atoms with Crippen molar-refractivity contribution in [2.24, 2.45) is 0 Å². The molecular weight excluding hydrogens is 150 g/mol. The average Bonchev–Trinajstić information content (AvgIpc) is 1.85. The molecule has 0 aromatic heterocycles. The molecule has 0 aromatic rings. The molecule has 0 heterocycles. The van der Waals surface area contributed by atoms with E-state index in [0.29, 0.717) is 5.11 Å². The SMILES string of the molecule is CNC(=S)N(C)NC(C)=O. The van der Waals surface area contributed by atoms with E-state index < -0.39 is 0 Å². The van der Waals surface area contributed by atoms with Crippen LogP contribution in [0.25, 0.3) is 0 Å². The van der Waals surface area contributed by atoms with Crippen LogP contribution in [0.3, 0.4) is 0 Å². The summed E-state index contributed by atoms with van der Waals surface area (Å²) in [5, 5.41) is 4.64. The molecule has 10 heavy (non-hydrogen) atoms.